The average molecular weight is 381 g/mol. The predicted octanol–water partition coefficient (Wildman–Crippen LogP) is 2.65. The lowest BCUT2D eigenvalue weighted by atomic mass is 10.1. The summed E-state index contributed by atoms with van der Waals surface area (Å²) in [5, 5.41) is 14.3. The highest BCUT2D eigenvalue weighted by Crippen LogP contribution is 2.28. The second kappa shape index (κ2) is 10.6. The summed E-state index contributed by atoms with van der Waals surface area (Å²) >= 11 is 0. The van der Waals surface area contributed by atoms with Crippen LogP contribution in [0, 0.1) is 11.3 Å². The Morgan fingerprint density at radius 2 is 1.82 bits per heavy atom. The first kappa shape index (κ1) is 20.8. The van der Waals surface area contributed by atoms with Gasteiger partial charge in [0.05, 0.1) is 24.8 Å². The van der Waals surface area contributed by atoms with Crippen LogP contribution in [0.25, 0.3) is 0 Å². The molecule has 7 heteroatoms. The van der Waals surface area contributed by atoms with E-state index >= 15 is 0 Å². The monoisotopic (exact) mass is 381 g/mol. The topological polar surface area (TPSA) is 100 Å². The van der Waals surface area contributed by atoms with E-state index in [1.165, 1.54) is 0 Å². The number of anilines is 1. The van der Waals surface area contributed by atoms with E-state index in [-0.39, 0.29) is 19.1 Å². The highest BCUT2D eigenvalue weighted by molar-refractivity contribution is 5.95. The minimum atomic E-state index is -0.439. The molecule has 2 aromatic carbocycles. The number of amides is 2. The maximum Gasteiger partial charge on any atom is 0.258 e. The molecule has 0 saturated heterocycles. The van der Waals surface area contributed by atoms with Crippen LogP contribution < -0.4 is 20.1 Å². The molecule has 0 heterocycles. The smallest absolute Gasteiger partial charge is 0.258 e. The number of benzene rings is 2. The highest BCUT2D eigenvalue weighted by Gasteiger charge is 2.11. The summed E-state index contributed by atoms with van der Waals surface area (Å²) in [6.07, 6.45) is 0.795. The van der Waals surface area contributed by atoms with Crippen molar-refractivity contribution in [1.29, 1.82) is 5.26 Å². The molecule has 0 saturated carbocycles. The number of nitrogens with zero attached hydrogens (tertiary/aromatic N) is 1. The standard InChI is InChI=1S/C21H23N3O4/c1-3-16-7-5-6-8-17(16)24-20(25)13-23-21(26)14-28-18-10-9-15(12-22)11-19(18)27-4-2/h5-11H,3-4,13-14H2,1-2H3,(H,23,26)(H,24,25). The zero-order valence-corrected chi connectivity index (χ0v) is 16.0. The van der Waals surface area contributed by atoms with Crippen LogP contribution in [0.1, 0.15) is 25.0 Å². The van der Waals surface area contributed by atoms with Crippen molar-refractivity contribution in [2.45, 2.75) is 20.3 Å². The lowest BCUT2D eigenvalue weighted by Crippen LogP contribution is -2.36. The number of nitriles is 1. The molecule has 2 rings (SSSR count). The van der Waals surface area contributed by atoms with Gasteiger partial charge in [0.15, 0.2) is 18.1 Å². The van der Waals surface area contributed by atoms with Gasteiger partial charge in [-0.2, -0.15) is 5.26 Å². The predicted molar refractivity (Wildman–Crippen MR) is 105 cm³/mol. The van der Waals surface area contributed by atoms with E-state index in [9.17, 15) is 9.59 Å². The summed E-state index contributed by atoms with van der Waals surface area (Å²) < 4.78 is 10.9. The molecule has 7 nitrogen and oxygen atoms in total. The molecule has 146 valence electrons. The normalized spacial score (nSPS) is 9.89. The lowest BCUT2D eigenvalue weighted by Gasteiger charge is -2.13. The van der Waals surface area contributed by atoms with Gasteiger partial charge >= 0.3 is 0 Å². The summed E-state index contributed by atoms with van der Waals surface area (Å²) in [5.74, 6) is -0.00560. The molecule has 0 aliphatic rings. The van der Waals surface area contributed by atoms with Gasteiger partial charge in [0.2, 0.25) is 5.91 Å². The fraction of sp³-hybridized carbons (Fsp3) is 0.286. The number of ether oxygens (including phenoxy) is 2. The van der Waals surface area contributed by atoms with Crippen molar-refractivity contribution in [2.24, 2.45) is 0 Å². The first-order chi connectivity index (χ1) is 13.6. The maximum absolute atomic E-state index is 12.1. The largest absolute Gasteiger partial charge is 0.490 e. The molecule has 2 amide bonds. The van der Waals surface area contributed by atoms with Gasteiger partial charge in [0.25, 0.3) is 5.91 Å². The fourth-order valence-electron chi connectivity index (χ4n) is 2.48. The van der Waals surface area contributed by atoms with Crippen molar-refractivity contribution in [3.05, 3.63) is 53.6 Å². The molecule has 28 heavy (non-hydrogen) atoms. The van der Waals surface area contributed by atoms with Gasteiger partial charge < -0.3 is 20.1 Å². The summed E-state index contributed by atoms with van der Waals surface area (Å²) in [7, 11) is 0. The second-order valence-corrected chi connectivity index (χ2v) is 5.83. The Kier molecular flexibility index (Phi) is 7.85. The van der Waals surface area contributed by atoms with Crippen molar-refractivity contribution in [2.75, 3.05) is 25.1 Å². The van der Waals surface area contributed by atoms with Crippen LogP contribution in [0.5, 0.6) is 11.5 Å². The van der Waals surface area contributed by atoms with Crippen LogP contribution in [-0.2, 0) is 16.0 Å². The maximum atomic E-state index is 12.1. The third kappa shape index (κ3) is 6.02. The van der Waals surface area contributed by atoms with Crippen LogP contribution in [0.2, 0.25) is 0 Å². The van der Waals surface area contributed by atoms with Gasteiger partial charge in [-0.15, -0.1) is 0 Å². The van der Waals surface area contributed by atoms with Gasteiger partial charge in [-0.05, 0) is 37.1 Å². The van der Waals surface area contributed by atoms with Crippen LogP contribution in [-0.4, -0.2) is 31.6 Å². The zero-order valence-electron chi connectivity index (χ0n) is 16.0. The molecule has 0 atom stereocenters. The molecule has 0 aliphatic carbocycles. The molecule has 2 aromatic rings. The van der Waals surface area contributed by atoms with Crippen LogP contribution in [0.3, 0.4) is 0 Å². The molecule has 0 bridgehead atoms. The van der Waals surface area contributed by atoms with E-state index in [4.69, 9.17) is 14.7 Å². The zero-order chi connectivity index (χ0) is 20.4. The Bertz CT molecular complexity index is 874. The number of hydrogen-bond donors (Lipinski definition) is 2. The fourth-order valence-corrected chi connectivity index (χ4v) is 2.48. The SMILES string of the molecule is CCOc1cc(C#N)ccc1OCC(=O)NCC(=O)Nc1ccccc1CC. The van der Waals surface area contributed by atoms with E-state index in [2.05, 4.69) is 10.6 Å². The Hall–Kier alpha value is -3.53. The van der Waals surface area contributed by atoms with Crippen molar-refractivity contribution < 1.29 is 19.1 Å². The molecule has 0 spiro atoms. The molecular weight excluding hydrogens is 358 g/mol. The molecule has 0 aliphatic heterocycles. The average Bonchev–Trinajstić information content (AvgIpc) is 2.71. The number of carbonyl (C=O) groups excluding carboxylic acids is 2. The van der Waals surface area contributed by atoms with Gasteiger partial charge in [-0.25, -0.2) is 0 Å². The number of nitrogens with one attached hydrogen (secondary N) is 2. The van der Waals surface area contributed by atoms with Gasteiger partial charge in [-0.3, -0.25) is 9.59 Å². The number of para-hydroxylation sites is 1. The number of rotatable bonds is 9. The lowest BCUT2D eigenvalue weighted by molar-refractivity contribution is -0.125. The van der Waals surface area contributed by atoms with E-state index in [1.807, 2.05) is 44.2 Å². The summed E-state index contributed by atoms with van der Waals surface area (Å²) in [4.78, 5) is 24.0. The summed E-state index contributed by atoms with van der Waals surface area (Å²) in [6.45, 7) is 3.78. The molecule has 0 unspecified atom stereocenters. The molecule has 0 fully saturated rings. The van der Waals surface area contributed by atoms with Crippen molar-refractivity contribution in [3.8, 4) is 17.6 Å². The number of aryl methyl sites for hydroxylation is 1. The molecular formula is C21H23N3O4. The second-order valence-electron chi connectivity index (χ2n) is 5.83. The van der Waals surface area contributed by atoms with Gasteiger partial charge in [0, 0.05) is 11.8 Å². The first-order valence-electron chi connectivity index (χ1n) is 9.01. The number of hydrogen-bond acceptors (Lipinski definition) is 5. The minimum Gasteiger partial charge on any atom is -0.490 e. The van der Waals surface area contributed by atoms with Gasteiger partial charge in [0.1, 0.15) is 0 Å². The van der Waals surface area contributed by atoms with E-state index in [1.54, 1.807) is 18.2 Å². The Morgan fingerprint density at radius 3 is 2.54 bits per heavy atom. The third-order valence-electron chi connectivity index (χ3n) is 3.85. The Morgan fingerprint density at radius 1 is 1.04 bits per heavy atom. The quantitative estimate of drug-likeness (QED) is 0.695. The number of carbonyl (C=O) groups is 2. The van der Waals surface area contributed by atoms with E-state index in [0.717, 1.165) is 17.7 Å². The third-order valence-corrected chi connectivity index (χ3v) is 3.85. The molecule has 2 N–H and O–H groups in total. The van der Waals surface area contributed by atoms with Crippen molar-refractivity contribution >= 4 is 17.5 Å². The Labute approximate surface area is 164 Å². The molecule has 0 aromatic heterocycles. The van der Waals surface area contributed by atoms with E-state index in [0.29, 0.717) is 23.7 Å². The minimum absolute atomic E-state index is 0.161. The van der Waals surface area contributed by atoms with Crippen molar-refractivity contribution in [1.82, 2.24) is 5.32 Å². The van der Waals surface area contributed by atoms with E-state index < -0.39 is 5.91 Å². The summed E-state index contributed by atoms with van der Waals surface area (Å²) in [5.41, 5.74) is 2.19. The van der Waals surface area contributed by atoms with Crippen LogP contribution >= 0.6 is 0 Å². The Balaban J connectivity index is 1.84. The highest BCUT2D eigenvalue weighted by atomic mass is 16.5. The first-order valence-corrected chi connectivity index (χ1v) is 9.01. The van der Waals surface area contributed by atoms with Crippen LogP contribution in [0.4, 0.5) is 5.69 Å². The van der Waals surface area contributed by atoms with Crippen molar-refractivity contribution in [3.63, 3.8) is 0 Å². The van der Waals surface area contributed by atoms with Gasteiger partial charge in [-0.1, -0.05) is 25.1 Å². The molecule has 0 radical (unpaired) electrons. The summed E-state index contributed by atoms with van der Waals surface area (Å²) in [6, 6.07) is 14.2. The van der Waals surface area contributed by atoms with Crippen LogP contribution in [0.15, 0.2) is 42.5 Å².